The van der Waals surface area contributed by atoms with Gasteiger partial charge in [0.15, 0.2) is 6.10 Å². The Morgan fingerprint density at radius 3 is 2.71 bits per heavy atom. The Bertz CT molecular complexity index is 902. The molecule has 2 aliphatic rings. The monoisotopic (exact) mass is 380 g/mol. The minimum atomic E-state index is -0.769. The lowest BCUT2D eigenvalue weighted by Crippen LogP contribution is -2.42. The van der Waals surface area contributed by atoms with Crippen molar-refractivity contribution in [1.82, 2.24) is 9.88 Å². The van der Waals surface area contributed by atoms with E-state index >= 15 is 0 Å². The fourth-order valence-electron chi connectivity index (χ4n) is 4.44. The molecular weight excluding hydrogens is 352 g/mol. The van der Waals surface area contributed by atoms with Crippen molar-refractivity contribution in [2.24, 2.45) is 5.92 Å². The van der Waals surface area contributed by atoms with Crippen LogP contribution in [0.25, 0.3) is 10.9 Å². The van der Waals surface area contributed by atoms with Crippen LogP contribution in [0.3, 0.4) is 0 Å². The van der Waals surface area contributed by atoms with Gasteiger partial charge in [-0.3, -0.25) is 9.78 Å². The molecular formula is C23H28N2O3. The fourth-order valence-corrected chi connectivity index (χ4v) is 4.44. The average Bonchev–Trinajstić information content (AvgIpc) is 2.72. The summed E-state index contributed by atoms with van der Waals surface area (Å²) < 4.78 is 5.70. The summed E-state index contributed by atoms with van der Waals surface area (Å²) in [6.45, 7) is 5.40. The second-order valence-electron chi connectivity index (χ2n) is 8.21. The molecule has 1 aromatic heterocycles. The summed E-state index contributed by atoms with van der Waals surface area (Å²) in [6, 6.07) is 7.72. The molecule has 28 heavy (non-hydrogen) atoms. The highest BCUT2D eigenvalue weighted by atomic mass is 16.5. The molecule has 2 aromatic rings. The van der Waals surface area contributed by atoms with Crippen LogP contribution in [0.2, 0.25) is 0 Å². The quantitative estimate of drug-likeness (QED) is 0.758. The zero-order chi connectivity index (χ0) is 19.7. The minimum absolute atomic E-state index is 0.0892. The van der Waals surface area contributed by atoms with Crippen LogP contribution in [-0.2, 0) is 22.4 Å². The first-order chi connectivity index (χ1) is 13.5. The van der Waals surface area contributed by atoms with Gasteiger partial charge in [-0.1, -0.05) is 25.1 Å². The van der Waals surface area contributed by atoms with E-state index in [2.05, 4.69) is 6.92 Å². The predicted molar refractivity (Wildman–Crippen MR) is 108 cm³/mol. The van der Waals surface area contributed by atoms with Gasteiger partial charge in [-0.05, 0) is 63.0 Å². The molecule has 4 rings (SSSR count). The highest BCUT2D eigenvalue weighted by Gasteiger charge is 2.30. The number of esters is 1. The number of likely N-dealkylation sites (tertiary alicyclic amines) is 1. The summed E-state index contributed by atoms with van der Waals surface area (Å²) in [5.74, 6) is 0.0184. The second-order valence-corrected chi connectivity index (χ2v) is 8.21. The van der Waals surface area contributed by atoms with E-state index in [0.717, 1.165) is 73.8 Å². The van der Waals surface area contributed by atoms with E-state index in [0.29, 0.717) is 11.5 Å². The van der Waals surface area contributed by atoms with Gasteiger partial charge in [0.2, 0.25) is 0 Å². The number of pyridine rings is 1. The van der Waals surface area contributed by atoms with E-state index < -0.39 is 12.1 Å². The number of carbonyl (C=O) groups excluding carboxylic acids is 2. The summed E-state index contributed by atoms with van der Waals surface area (Å²) in [7, 11) is 0. The predicted octanol–water partition coefficient (Wildman–Crippen LogP) is 3.92. The summed E-state index contributed by atoms with van der Waals surface area (Å²) in [5, 5.41) is 0.818. The lowest BCUT2D eigenvalue weighted by atomic mass is 9.84. The number of benzene rings is 1. The summed E-state index contributed by atoms with van der Waals surface area (Å²) in [5.41, 5.74) is 3.42. The standard InChI is InChI=1S/C23H28N2O3/c1-15-10-11-20-18(14-15)21(17-8-4-5-9-19(17)24-20)23(27)28-16(2)22(26)25-12-6-3-7-13-25/h4-5,8-9,15-16H,3,6-7,10-14H2,1-2H3/t15-,16+/m1/s1. The van der Waals surface area contributed by atoms with Gasteiger partial charge in [0.25, 0.3) is 5.91 Å². The van der Waals surface area contributed by atoms with Crippen LogP contribution in [0.1, 0.15) is 61.1 Å². The van der Waals surface area contributed by atoms with Crippen molar-refractivity contribution in [3.8, 4) is 0 Å². The summed E-state index contributed by atoms with van der Waals surface area (Å²) >= 11 is 0. The van der Waals surface area contributed by atoms with Crippen molar-refractivity contribution in [2.45, 2.75) is 58.5 Å². The number of fused-ring (bicyclic) bond motifs is 2. The van der Waals surface area contributed by atoms with Crippen LogP contribution in [0.4, 0.5) is 0 Å². The van der Waals surface area contributed by atoms with Crippen molar-refractivity contribution < 1.29 is 14.3 Å². The topological polar surface area (TPSA) is 59.5 Å². The van der Waals surface area contributed by atoms with Gasteiger partial charge in [-0.25, -0.2) is 4.79 Å². The minimum Gasteiger partial charge on any atom is -0.449 e. The number of ether oxygens (including phenoxy) is 1. The van der Waals surface area contributed by atoms with Crippen molar-refractivity contribution in [3.63, 3.8) is 0 Å². The highest BCUT2D eigenvalue weighted by molar-refractivity contribution is 6.05. The fraction of sp³-hybridized carbons (Fsp3) is 0.522. The number of piperidine rings is 1. The zero-order valence-corrected chi connectivity index (χ0v) is 16.7. The van der Waals surface area contributed by atoms with Gasteiger partial charge in [0.1, 0.15) is 0 Å². The second kappa shape index (κ2) is 7.90. The number of para-hydroxylation sites is 1. The number of hydrogen-bond donors (Lipinski definition) is 0. The van der Waals surface area contributed by atoms with Crippen molar-refractivity contribution in [2.75, 3.05) is 13.1 Å². The first-order valence-electron chi connectivity index (χ1n) is 10.4. The van der Waals surface area contributed by atoms with E-state index in [1.165, 1.54) is 0 Å². The Morgan fingerprint density at radius 1 is 1.18 bits per heavy atom. The molecule has 5 nitrogen and oxygen atoms in total. The van der Waals surface area contributed by atoms with Crippen molar-refractivity contribution in [3.05, 3.63) is 41.1 Å². The van der Waals surface area contributed by atoms with Crippen LogP contribution < -0.4 is 0 Å². The Morgan fingerprint density at radius 2 is 1.93 bits per heavy atom. The molecule has 1 aliphatic heterocycles. The van der Waals surface area contributed by atoms with Gasteiger partial charge in [0.05, 0.1) is 11.1 Å². The molecule has 1 saturated heterocycles. The van der Waals surface area contributed by atoms with Gasteiger partial charge < -0.3 is 9.64 Å². The normalized spacial score (nSPS) is 20.5. The summed E-state index contributed by atoms with van der Waals surface area (Å²) in [6.07, 6.45) is 5.21. The number of rotatable bonds is 3. The summed E-state index contributed by atoms with van der Waals surface area (Å²) in [4.78, 5) is 32.5. The van der Waals surface area contributed by atoms with E-state index in [9.17, 15) is 9.59 Å². The third-order valence-electron chi connectivity index (χ3n) is 6.01. The van der Waals surface area contributed by atoms with Crippen LogP contribution in [0, 0.1) is 5.92 Å². The number of hydrogen-bond acceptors (Lipinski definition) is 4. The molecule has 5 heteroatoms. The number of aromatic nitrogens is 1. The molecule has 1 aliphatic carbocycles. The molecule has 1 aromatic carbocycles. The Hall–Kier alpha value is -2.43. The maximum Gasteiger partial charge on any atom is 0.339 e. The molecule has 2 heterocycles. The first-order valence-corrected chi connectivity index (χ1v) is 10.4. The lowest BCUT2D eigenvalue weighted by molar-refractivity contribution is -0.140. The molecule has 148 valence electrons. The maximum absolute atomic E-state index is 13.2. The molecule has 0 unspecified atom stereocenters. The Kier molecular flexibility index (Phi) is 5.33. The highest BCUT2D eigenvalue weighted by Crippen LogP contribution is 2.32. The number of carbonyl (C=O) groups is 2. The molecule has 0 saturated carbocycles. The van der Waals surface area contributed by atoms with Crippen LogP contribution in [0.5, 0.6) is 0 Å². The maximum atomic E-state index is 13.2. The number of aryl methyl sites for hydroxylation is 1. The lowest BCUT2D eigenvalue weighted by Gasteiger charge is -2.29. The van der Waals surface area contributed by atoms with E-state index in [-0.39, 0.29) is 5.91 Å². The number of nitrogens with zero attached hydrogens (tertiary/aromatic N) is 2. The van der Waals surface area contributed by atoms with Gasteiger partial charge in [-0.15, -0.1) is 0 Å². The van der Waals surface area contributed by atoms with E-state index in [1.54, 1.807) is 6.92 Å². The molecule has 0 bridgehead atoms. The molecule has 0 N–H and O–H groups in total. The van der Waals surface area contributed by atoms with E-state index in [4.69, 9.17) is 9.72 Å². The SMILES string of the molecule is C[C@@H]1CCc2nc3ccccc3c(C(=O)O[C@@H](C)C(=O)N3CCCCC3)c2C1. The molecule has 1 amide bonds. The van der Waals surface area contributed by atoms with Gasteiger partial charge >= 0.3 is 5.97 Å². The third-order valence-corrected chi connectivity index (χ3v) is 6.01. The first kappa shape index (κ1) is 18.9. The molecule has 0 spiro atoms. The third kappa shape index (κ3) is 3.62. The van der Waals surface area contributed by atoms with Crippen LogP contribution >= 0.6 is 0 Å². The molecule has 2 atom stereocenters. The molecule has 0 radical (unpaired) electrons. The van der Waals surface area contributed by atoms with Crippen LogP contribution in [0.15, 0.2) is 24.3 Å². The number of amides is 1. The van der Waals surface area contributed by atoms with Gasteiger partial charge in [0, 0.05) is 24.2 Å². The van der Waals surface area contributed by atoms with Crippen LogP contribution in [-0.4, -0.2) is 41.0 Å². The zero-order valence-electron chi connectivity index (χ0n) is 16.7. The molecule has 1 fully saturated rings. The van der Waals surface area contributed by atoms with Crippen molar-refractivity contribution in [1.29, 1.82) is 0 Å². The average molecular weight is 380 g/mol. The van der Waals surface area contributed by atoms with Crippen molar-refractivity contribution >= 4 is 22.8 Å². The Balaban J connectivity index is 1.64. The Labute approximate surface area is 166 Å². The largest absolute Gasteiger partial charge is 0.449 e. The van der Waals surface area contributed by atoms with E-state index in [1.807, 2.05) is 29.2 Å². The smallest absolute Gasteiger partial charge is 0.339 e. The van der Waals surface area contributed by atoms with Gasteiger partial charge in [-0.2, -0.15) is 0 Å².